The first-order valence-electron chi connectivity index (χ1n) is 8.12. The molecule has 1 aromatic heterocycles. The highest BCUT2D eigenvalue weighted by Gasteiger charge is 2.28. The number of sulfone groups is 1. The molecule has 0 aliphatic heterocycles. The van der Waals surface area contributed by atoms with Crippen LogP contribution in [-0.2, 0) is 16.3 Å². The predicted octanol–water partition coefficient (Wildman–Crippen LogP) is 2.35. The molecule has 0 spiro atoms. The maximum Gasteiger partial charge on any atom is 0.255 e. The standard InChI is InChI=1S/C18H19N3O4S/c1-26(23,24)9-3-5-12-4-2-6-14(10-12)25-18-15(16(19)22)11-20-17(21-18)13-7-8-13/h2-4,6,9-11,13H,5,7-8H2,1H3,(H2,19,22)/b9-3+. The monoisotopic (exact) mass is 373 g/mol. The van der Waals surface area contributed by atoms with E-state index in [1.54, 1.807) is 24.3 Å². The van der Waals surface area contributed by atoms with E-state index in [0.29, 0.717) is 23.9 Å². The van der Waals surface area contributed by atoms with Gasteiger partial charge in [-0.2, -0.15) is 4.98 Å². The van der Waals surface area contributed by atoms with Gasteiger partial charge in [0.1, 0.15) is 17.1 Å². The smallest absolute Gasteiger partial charge is 0.255 e. The highest BCUT2D eigenvalue weighted by atomic mass is 32.2. The number of aromatic nitrogens is 2. The van der Waals surface area contributed by atoms with E-state index in [-0.39, 0.29) is 11.4 Å². The van der Waals surface area contributed by atoms with Gasteiger partial charge in [0.2, 0.25) is 5.88 Å². The molecule has 2 N–H and O–H groups in total. The number of benzene rings is 1. The van der Waals surface area contributed by atoms with Crippen molar-refractivity contribution in [2.45, 2.75) is 25.2 Å². The minimum Gasteiger partial charge on any atom is -0.438 e. The van der Waals surface area contributed by atoms with Gasteiger partial charge in [-0.05, 0) is 37.0 Å². The summed E-state index contributed by atoms with van der Waals surface area (Å²) in [5, 5.41) is 1.16. The molecule has 26 heavy (non-hydrogen) atoms. The minimum atomic E-state index is -3.16. The second kappa shape index (κ2) is 7.25. The highest BCUT2D eigenvalue weighted by Crippen LogP contribution is 2.39. The molecule has 8 heteroatoms. The Balaban J connectivity index is 1.82. The fourth-order valence-corrected chi connectivity index (χ4v) is 2.82. The van der Waals surface area contributed by atoms with Crippen molar-refractivity contribution in [2.75, 3.05) is 6.26 Å². The third-order valence-electron chi connectivity index (χ3n) is 3.79. The van der Waals surface area contributed by atoms with Crippen LogP contribution in [0.15, 0.2) is 41.9 Å². The van der Waals surface area contributed by atoms with Gasteiger partial charge in [0.25, 0.3) is 5.91 Å². The molecule has 0 saturated heterocycles. The Hall–Kier alpha value is -2.74. The summed E-state index contributed by atoms with van der Waals surface area (Å²) >= 11 is 0. The number of carbonyl (C=O) groups excluding carboxylic acids is 1. The normalized spacial score (nSPS) is 14.5. The van der Waals surface area contributed by atoms with Crippen molar-refractivity contribution in [3.63, 3.8) is 0 Å². The van der Waals surface area contributed by atoms with Gasteiger partial charge in [-0.15, -0.1) is 0 Å². The van der Waals surface area contributed by atoms with Crippen molar-refractivity contribution in [1.29, 1.82) is 0 Å². The summed E-state index contributed by atoms with van der Waals surface area (Å²) < 4.78 is 28.1. The average Bonchev–Trinajstić information content (AvgIpc) is 3.38. The number of hydrogen-bond acceptors (Lipinski definition) is 6. The molecule has 0 atom stereocenters. The second-order valence-electron chi connectivity index (χ2n) is 6.24. The minimum absolute atomic E-state index is 0.122. The number of nitrogens with zero attached hydrogens (tertiary/aromatic N) is 2. The molecule has 1 saturated carbocycles. The maximum atomic E-state index is 11.6. The van der Waals surface area contributed by atoms with Crippen LogP contribution in [0.3, 0.4) is 0 Å². The Kier molecular flexibility index (Phi) is 5.03. The van der Waals surface area contributed by atoms with E-state index in [2.05, 4.69) is 9.97 Å². The second-order valence-corrected chi connectivity index (χ2v) is 8.17. The first kappa shape index (κ1) is 18.1. The number of hydrogen-bond donors (Lipinski definition) is 1. The van der Waals surface area contributed by atoms with E-state index in [4.69, 9.17) is 10.5 Å². The van der Waals surface area contributed by atoms with Crippen molar-refractivity contribution in [2.24, 2.45) is 5.73 Å². The average molecular weight is 373 g/mol. The van der Waals surface area contributed by atoms with Crippen LogP contribution in [0, 0.1) is 0 Å². The van der Waals surface area contributed by atoms with Gasteiger partial charge in [-0.1, -0.05) is 18.2 Å². The molecule has 1 fully saturated rings. The topological polar surface area (TPSA) is 112 Å². The van der Waals surface area contributed by atoms with Crippen molar-refractivity contribution in [3.05, 3.63) is 58.9 Å². The van der Waals surface area contributed by atoms with E-state index in [0.717, 1.165) is 30.1 Å². The SMILES string of the molecule is CS(=O)(=O)/C=C/Cc1cccc(Oc2nc(C3CC3)ncc2C(N)=O)c1. The summed E-state index contributed by atoms with van der Waals surface area (Å²) in [6.45, 7) is 0. The molecule has 0 radical (unpaired) electrons. The number of ether oxygens (including phenoxy) is 1. The molecule has 136 valence electrons. The largest absolute Gasteiger partial charge is 0.438 e. The number of carbonyl (C=O) groups is 1. The third kappa shape index (κ3) is 4.89. The zero-order chi connectivity index (χ0) is 18.7. The lowest BCUT2D eigenvalue weighted by Gasteiger charge is -2.10. The summed E-state index contributed by atoms with van der Waals surface area (Å²) in [4.78, 5) is 20.1. The summed E-state index contributed by atoms with van der Waals surface area (Å²) in [6, 6.07) is 7.12. The number of allylic oxidation sites excluding steroid dienone is 1. The molecule has 3 rings (SSSR count). The molecule has 1 aliphatic carbocycles. The summed E-state index contributed by atoms with van der Waals surface area (Å²) in [5.74, 6) is 0.926. The van der Waals surface area contributed by atoms with Gasteiger partial charge in [-0.25, -0.2) is 13.4 Å². The van der Waals surface area contributed by atoms with Gasteiger partial charge in [-0.3, -0.25) is 4.79 Å². The molecule has 1 aromatic carbocycles. The van der Waals surface area contributed by atoms with E-state index in [1.165, 1.54) is 6.20 Å². The van der Waals surface area contributed by atoms with Gasteiger partial charge in [0, 0.05) is 23.8 Å². The van der Waals surface area contributed by atoms with E-state index in [1.807, 2.05) is 6.07 Å². The predicted molar refractivity (Wildman–Crippen MR) is 96.7 cm³/mol. The first-order valence-corrected chi connectivity index (χ1v) is 10.1. The van der Waals surface area contributed by atoms with Crippen molar-refractivity contribution < 1.29 is 17.9 Å². The number of rotatable bonds is 7. The lowest BCUT2D eigenvalue weighted by Crippen LogP contribution is -2.14. The van der Waals surface area contributed by atoms with Crippen LogP contribution in [0.4, 0.5) is 0 Å². The number of primary amides is 1. The molecule has 1 aliphatic rings. The van der Waals surface area contributed by atoms with Gasteiger partial charge in [0.15, 0.2) is 9.84 Å². The Morgan fingerprint density at radius 3 is 2.81 bits per heavy atom. The fraction of sp³-hybridized carbons (Fsp3) is 0.278. The zero-order valence-corrected chi connectivity index (χ0v) is 15.1. The van der Waals surface area contributed by atoms with E-state index in [9.17, 15) is 13.2 Å². The van der Waals surface area contributed by atoms with E-state index < -0.39 is 15.7 Å². The van der Waals surface area contributed by atoms with Crippen LogP contribution < -0.4 is 10.5 Å². The van der Waals surface area contributed by atoms with Crippen molar-refractivity contribution in [3.8, 4) is 11.6 Å². The third-order valence-corrected chi connectivity index (χ3v) is 4.48. The van der Waals surface area contributed by atoms with Crippen LogP contribution in [0.25, 0.3) is 0 Å². The van der Waals surface area contributed by atoms with Crippen LogP contribution in [0.5, 0.6) is 11.6 Å². The number of nitrogens with two attached hydrogens (primary N) is 1. The van der Waals surface area contributed by atoms with Crippen LogP contribution >= 0.6 is 0 Å². The molecule has 1 heterocycles. The van der Waals surface area contributed by atoms with E-state index >= 15 is 0 Å². The lowest BCUT2D eigenvalue weighted by molar-refractivity contribution is 0.0997. The van der Waals surface area contributed by atoms with Crippen LogP contribution in [-0.4, -0.2) is 30.5 Å². The maximum absolute atomic E-state index is 11.6. The van der Waals surface area contributed by atoms with Crippen LogP contribution in [0.2, 0.25) is 0 Å². The summed E-state index contributed by atoms with van der Waals surface area (Å²) in [7, 11) is -3.16. The van der Waals surface area contributed by atoms with Crippen molar-refractivity contribution in [1.82, 2.24) is 9.97 Å². The van der Waals surface area contributed by atoms with Crippen LogP contribution in [0.1, 0.15) is 40.5 Å². The molecule has 2 aromatic rings. The Morgan fingerprint density at radius 2 is 2.15 bits per heavy atom. The Morgan fingerprint density at radius 1 is 1.38 bits per heavy atom. The van der Waals surface area contributed by atoms with Gasteiger partial charge in [0.05, 0.1) is 0 Å². The first-order chi connectivity index (χ1) is 12.3. The van der Waals surface area contributed by atoms with Gasteiger partial charge >= 0.3 is 0 Å². The highest BCUT2D eigenvalue weighted by molar-refractivity contribution is 7.93. The fourth-order valence-electron chi connectivity index (χ4n) is 2.37. The molecular weight excluding hydrogens is 354 g/mol. The summed E-state index contributed by atoms with van der Waals surface area (Å²) in [6.07, 6.45) is 6.59. The molecule has 0 unspecified atom stereocenters. The molecule has 1 amide bonds. The Bertz CT molecular complexity index is 966. The zero-order valence-electron chi connectivity index (χ0n) is 14.3. The van der Waals surface area contributed by atoms with Crippen molar-refractivity contribution >= 4 is 15.7 Å². The lowest BCUT2D eigenvalue weighted by atomic mass is 10.1. The quantitative estimate of drug-likeness (QED) is 0.797. The summed E-state index contributed by atoms with van der Waals surface area (Å²) in [5.41, 5.74) is 6.36. The molecular formula is C18H19N3O4S. The molecule has 7 nitrogen and oxygen atoms in total. The number of amides is 1. The molecule has 0 bridgehead atoms. The Labute approximate surface area is 151 Å². The van der Waals surface area contributed by atoms with Gasteiger partial charge < -0.3 is 10.5 Å².